The van der Waals surface area contributed by atoms with Crippen LogP contribution in [-0.2, 0) is 11.2 Å². The van der Waals surface area contributed by atoms with Gasteiger partial charge in [0, 0.05) is 10.7 Å². The second kappa shape index (κ2) is 9.78. The Morgan fingerprint density at radius 3 is 2.50 bits per heavy atom. The molecule has 0 aliphatic heterocycles. The zero-order chi connectivity index (χ0) is 21.5. The average Bonchev–Trinajstić information content (AvgIpc) is 2.75. The molecule has 1 amide bonds. The lowest BCUT2D eigenvalue weighted by Gasteiger charge is -2.11. The number of nitriles is 1. The number of nitrogens with one attached hydrogen (secondary N) is 1. The molecule has 0 aromatic heterocycles. The summed E-state index contributed by atoms with van der Waals surface area (Å²) in [6.07, 6.45) is 2.14. The van der Waals surface area contributed by atoms with E-state index in [2.05, 4.69) is 5.32 Å². The van der Waals surface area contributed by atoms with Crippen LogP contribution in [0.3, 0.4) is 0 Å². The summed E-state index contributed by atoms with van der Waals surface area (Å²) >= 11 is 6.32. The Morgan fingerprint density at radius 1 is 1.10 bits per heavy atom. The molecule has 0 atom stereocenters. The van der Waals surface area contributed by atoms with Gasteiger partial charge in [0.15, 0.2) is 0 Å². The van der Waals surface area contributed by atoms with Gasteiger partial charge in [0.05, 0.1) is 7.11 Å². The smallest absolute Gasteiger partial charge is 0.266 e. The first kappa shape index (κ1) is 21.2. The first-order valence-electron chi connectivity index (χ1n) is 9.40. The number of benzene rings is 3. The molecule has 0 saturated heterocycles. The van der Waals surface area contributed by atoms with Crippen LogP contribution in [0.2, 0.25) is 5.02 Å². The van der Waals surface area contributed by atoms with E-state index in [0.717, 1.165) is 22.3 Å². The molecule has 30 heavy (non-hydrogen) atoms. The lowest BCUT2D eigenvalue weighted by atomic mass is 9.97. The van der Waals surface area contributed by atoms with E-state index >= 15 is 0 Å². The number of anilines is 1. The topological polar surface area (TPSA) is 62.1 Å². The minimum Gasteiger partial charge on any atom is -0.497 e. The number of hydrogen-bond acceptors (Lipinski definition) is 3. The third-order valence-electron chi connectivity index (χ3n) is 4.66. The van der Waals surface area contributed by atoms with Crippen LogP contribution in [0.1, 0.15) is 22.3 Å². The molecule has 3 aromatic rings. The molecule has 1 N–H and O–H groups in total. The predicted octanol–water partition coefficient (Wildman–Crippen LogP) is 5.79. The van der Waals surface area contributed by atoms with Crippen LogP contribution in [-0.4, -0.2) is 13.0 Å². The molecule has 3 aromatic carbocycles. The molecular formula is C25H21ClN2O2. The summed E-state index contributed by atoms with van der Waals surface area (Å²) in [5, 5.41) is 13.0. The first-order valence-corrected chi connectivity index (χ1v) is 9.78. The highest BCUT2D eigenvalue weighted by atomic mass is 35.5. The number of carbonyl (C=O) groups excluding carboxylic acids is 1. The highest BCUT2D eigenvalue weighted by molar-refractivity contribution is 6.31. The van der Waals surface area contributed by atoms with Gasteiger partial charge < -0.3 is 10.1 Å². The number of halogens is 1. The van der Waals surface area contributed by atoms with Crippen molar-refractivity contribution in [3.8, 4) is 11.8 Å². The Labute approximate surface area is 181 Å². The Kier molecular flexibility index (Phi) is 6.90. The molecular weight excluding hydrogens is 396 g/mol. The molecule has 0 aliphatic carbocycles. The van der Waals surface area contributed by atoms with Crippen molar-refractivity contribution in [1.29, 1.82) is 5.26 Å². The van der Waals surface area contributed by atoms with Gasteiger partial charge in [-0.05, 0) is 66.4 Å². The van der Waals surface area contributed by atoms with Crippen molar-refractivity contribution >= 4 is 29.3 Å². The molecule has 5 heteroatoms. The minimum atomic E-state index is -0.458. The fourth-order valence-electron chi connectivity index (χ4n) is 2.99. The van der Waals surface area contributed by atoms with Crippen molar-refractivity contribution in [3.05, 3.63) is 99.6 Å². The van der Waals surface area contributed by atoms with Gasteiger partial charge in [0.1, 0.15) is 17.4 Å². The van der Waals surface area contributed by atoms with E-state index in [4.69, 9.17) is 16.3 Å². The van der Waals surface area contributed by atoms with Crippen molar-refractivity contribution in [3.63, 3.8) is 0 Å². The highest BCUT2D eigenvalue weighted by Gasteiger charge is 2.13. The zero-order valence-corrected chi connectivity index (χ0v) is 17.5. The normalized spacial score (nSPS) is 10.9. The molecule has 0 aliphatic rings. The van der Waals surface area contributed by atoms with Crippen molar-refractivity contribution in [2.45, 2.75) is 13.3 Å². The standard InChI is InChI=1S/C25H21ClN2O2/c1-17-7-10-22(11-8-17)28-25(29)21(16-27)13-18-9-12-23(30-2)15-20(18)14-19-5-3-4-6-24(19)26/h3-13,15H,14H2,1-2H3,(H,28,29)/b21-13+. The molecule has 3 rings (SSSR count). The maximum absolute atomic E-state index is 12.6. The number of aryl methyl sites for hydroxylation is 1. The highest BCUT2D eigenvalue weighted by Crippen LogP contribution is 2.26. The molecule has 0 heterocycles. The van der Waals surface area contributed by atoms with Gasteiger partial charge in [-0.1, -0.05) is 53.6 Å². The summed E-state index contributed by atoms with van der Waals surface area (Å²) < 4.78 is 5.35. The quantitative estimate of drug-likeness (QED) is 0.408. The van der Waals surface area contributed by atoms with Crippen LogP contribution < -0.4 is 10.1 Å². The predicted molar refractivity (Wildman–Crippen MR) is 121 cm³/mol. The van der Waals surface area contributed by atoms with Crippen LogP contribution in [0.15, 0.2) is 72.3 Å². The maximum Gasteiger partial charge on any atom is 0.266 e. The number of rotatable bonds is 6. The molecule has 4 nitrogen and oxygen atoms in total. The van der Waals surface area contributed by atoms with Crippen molar-refractivity contribution in [2.24, 2.45) is 0 Å². The van der Waals surface area contributed by atoms with Crippen molar-refractivity contribution < 1.29 is 9.53 Å². The molecule has 0 radical (unpaired) electrons. The Balaban J connectivity index is 1.93. The number of ether oxygens (including phenoxy) is 1. The summed E-state index contributed by atoms with van der Waals surface area (Å²) in [6, 6.07) is 22.5. The van der Waals surface area contributed by atoms with Gasteiger partial charge >= 0.3 is 0 Å². The fraction of sp³-hybridized carbons (Fsp3) is 0.120. The number of methoxy groups -OCH3 is 1. The van der Waals surface area contributed by atoms with E-state index in [1.807, 2.05) is 61.5 Å². The number of amides is 1. The number of carbonyl (C=O) groups is 1. The average molecular weight is 417 g/mol. The van der Waals surface area contributed by atoms with Crippen LogP contribution in [0, 0.1) is 18.3 Å². The second-order valence-electron chi connectivity index (χ2n) is 6.82. The largest absolute Gasteiger partial charge is 0.497 e. The molecule has 150 valence electrons. The summed E-state index contributed by atoms with van der Waals surface area (Å²) in [7, 11) is 1.60. The van der Waals surface area contributed by atoms with Crippen LogP contribution >= 0.6 is 11.6 Å². The number of nitrogens with zero attached hydrogens (tertiary/aromatic N) is 1. The SMILES string of the molecule is COc1ccc(/C=C(\C#N)C(=O)Nc2ccc(C)cc2)c(Cc2ccccc2Cl)c1. The summed E-state index contributed by atoms with van der Waals surface area (Å²) in [4.78, 5) is 12.6. The lowest BCUT2D eigenvalue weighted by molar-refractivity contribution is -0.112. The molecule has 0 fully saturated rings. The monoisotopic (exact) mass is 416 g/mol. The van der Waals surface area contributed by atoms with E-state index in [9.17, 15) is 10.1 Å². The molecule has 0 spiro atoms. The first-order chi connectivity index (χ1) is 14.5. The second-order valence-corrected chi connectivity index (χ2v) is 7.23. The van der Waals surface area contributed by atoms with E-state index in [-0.39, 0.29) is 5.57 Å². The van der Waals surface area contributed by atoms with Crippen LogP contribution in [0.4, 0.5) is 5.69 Å². The molecule has 0 bridgehead atoms. The fourth-order valence-corrected chi connectivity index (χ4v) is 3.19. The summed E-state index contributed by atoms with van der Waals surface area (Å²) in [5.74, 6) is 0.234. The Morgan fingerprint density at radius 2 is 1.83 bits per heavy atom. The summed E-state index contributed by atoms with van der Waals surface area (Å²) in [6.45, 7) is 1.97. The Hall–Kier alpha value is -3.55. The van der Waals surface area contributed by atoms with Gasteiger partial charge in [-0.25, -0.2) is 0 Å². The zero-order valence-electron chi connectivity index (χ0n) is 16.8. The number of hydrogen-bond donors (Lipinski definition) is 1. The van der Waals surface area contributed by atoms with Gasteiger partial charge in [-0.3, -0.25) is 4.79 Å². The molecule has 0 saturated carbocycles. The minimum absolute atomic E-state index is 0.0150. The molecule has 0 unspecified atom stereocenters. The van der Waals surface area contributed by atoms with Crippen molar-refractivity contribution in [2.75, 3.05) is 12.4 Å². The van der Waals surface area contributed by atoms with Gasteiger partial charge in [0.2, 0.25) is 0 Å². The van der Waals surface area contributed by atoms with Gasteiger partial charge in [-0.2, -0.15) is 5.26 Å². The van der Waals surface area contributed by atoms with Gasteiger partial charge in [-0.15, -0.1) is 0 Å². The van der Waals surface area contributed by atoms with Crippen LogP contribution in [0.25, 0.3) is 6.08 Å². The van der Waals surface area contributed by atoms with E-state index in [0.29, 0.717) is 22.9 Å². The maximum atomic E-state index is 12.6. The van der Waals surface area contributed by atoms with E-state index < -0.39 is 5.91 Å². The van der Waals surface area contributed by atoms with Gasteiger partial charge in [0.25, 0.3) is 5.91 Å². The van der Waals surface area contributed by atoms with Crippen molar-refractivity contribution in [1.82, 2.24) is 0 Å². The third-order valence-corrected chi connectivity index (χ3v) is 5.03. The van der Waals surface area contributed by atoms with Crippen LogP contribution in [0.5, 0.6) is 5.75 Å². The summed E-state index contributed by atoms with van der Waals surface area (Å²) in [5.41, 5.74) is 4.35. The van der Waals surface area contributed by atoms with E-state index in [1.54, 1.807) is 31.4 Å². The Bertz CT molecular complexity index is 1130. The third kappa shape index (κ3) is 5.28. The van der Waals surface area contributed by atoms with E-state index in [1.165, 1.54) is 0 Å². The lowest BCUT2D eigenvalue weighted by Crippen LogP contribution is -2.13.